The van der Waals surface area contributed by atoms with E-state index in [-0.39, 0.29) is 6.04 Å². The summed E-state index contributed by atoms with van der Waals surface area (Å²) in [5.41, 5.74) is 10.1. The van der Waals surface area contributed by atoms with E-state index >= 15 is 0 Å². The molecule has 1 atom stereocenters. The van der Waals surface area contributed by atoms with Crippen molar-refractivity contribution < 1.29 is 0 Å². The van der Waals surface area contributed by atoms with Crippen LogP contribution in [0.1, 0.15) is 36.5 Å². The van der Waals surface area contributed by atoms with Gasteiger partial charge in [-0.15, -0.1) is 11.8 Å². The van der Waals surface area contributed by atoms with Crippen molar-refractivity contribution in [2.45, 2.75) is 46.1 Å². The van der Waals surface area contributed by atoms with Crippen LogP contribution in [0.2, 0.25) is 0 Å². The highest BCUT2D eigenvalue weighted by atomic mass is 14.6. The third-order valence-electron chi connectivity index (χ3n) is 2.80. The van der Waals surface area contributed by atoms with E-state index in [1.54, 1.807) is 0 Å². The molecule has 0 saturated heterocycles. The van der Waals surface area contributed by atoms with Gasteiger partial charge in [-0.05, 0) is 44.7 Å². The maximum Gasteiger partial charge on any atom is 0.0103 e. The Bertz CT molecular complexity index is 396. The number of aryl methyl sites for hydroxylation is 2. The summed E-state index contributed by atoms with van der Waals surface area (Å²) in [6.07, 6.45) is 2.84. The van der Waals surface area contributed by atoms with Crippen LogP contribution in [0.4, 0.5) is 0 Å². The number of benzene rings is 1. The Kier molecular flexibility index (Phi) is 5.08. The first-order valence-corrected chi connectivity index (χ1v) is 5.84. The third-order valence-corrected chi connectivity index (χ3v) is 2.80. The van der Waals surface area contributed by atoms with E-state index < -0.39 is 0 Å². The lowest BCUT2D eigenvalue weighted by molar-refractivity contribution is 0.621. The molecule has 1 heteroatoms. The van der Waals surface area contributed by atoms with Gasteiger partial charge >= 0.3 is 0 Å². The van der Waals surface area contributed by atoms with Gasteiger partial charge in [-0.3, -0.25) is 0 Å². The quantitative estimate of drug-likeness (QED) is 0.768. The summed E-state index contributed by atoms with van der Waals surface area (Å²) in [5.74, 6) is 5.96. The number of hydrogen-bond donors (Lipinski definition) is 1. The summed E-state index contributed by atoms with van der Waals surface area (Å²) in [4.78, 5) is 0. The maximum absolute atomic E-state index is 6.10. The van der Waals surface area contributed by atoms with Gasteiger partial charge in [0.25, 0.3) is 0 Å². The van der Waals surface area contributed by atoms with E-state index in [9.17, 15) is 0 Å². The van der Waals surface area contributed by atoms with E-state index in [0.29, 0.717) is 0 Å². The fraction of sp³-hybridized carbons (Fsp3) is 0.467. The first-order chi connectivity index (χ1) is 7.63. The Morgan fingerprint density at radius 3 is 2.75 bits per heavy atom. The van der Waals surface area contributed by atoms with Crippen molar-refractivity contribution >= 4 is 0 Å². The summed E-state index contributed by atoms with van der Waals surface area (Å²) in [7, 11) is 0. The highest BCUT2D eigenvalue weighted by Gasteiger charge is 2.05. The van der Waals surface area contributed by atoms with Gasteiger partial charge in [-0.2, -0.15) is 0 Å². The Hall–Kier alpha value is -1.26. The van der Waals surface area contributed by atoms with Gasteiger partial charge in [0.2, 0.25) is 0 Å². The van der Waals surface area contributed by atoms with Crippen LogP contribution in [0.15, 0.2) is 18.2 Å². The molecule has 1 aromatic rings. The molecular weight excluding hydrogens is 194 g/mol. The molecule has 0 aliphatic carbocycles. The molecule has 16 heavy (non-hydrogen) atoms. The fourth-order valence-corrected chi connectivity index (χ4v) is 1.79. The van der Waals surface area contributed by atoms with Crippen molar-refractivity contribution in [1.29, 1.82) is 0 Å². The molecule has 0 heterocycles. The molecular formula is C15H21N. The maximum atomic E-state index is 6.10. The first-order valence-electron chi connectivity index (χ1n) is 5.84. The average molecular weight is 215 g/mol. The lowest BCUT2D eigenvalue weighted by atomic mass is 9.97. The fourth-order valence-electron chi connectivity index (χ4n) is 1.79. The minimum atomic E-state index is 0.223. The van der Waals surface area contributed by atoms with E-state index in [1.807, 2.05) is 6.92 Å². The summed E-state index contributed by atoms with van der Waals surface area (Å²) in [6.45, 7) is 6.14. The second-order valence-corrected chi connectivity index (χ2v) is 4.36. The van der Waals surface area contributed by atoms with Crippen molar-refractivity contribution in [3.8, 4) is 11.8 Å². The van der Waals surface area contributed by atoms with Gasteiger partial charge in [0, 0.05) is 12.5 Å². The number of hydrogen-bond acceptors (Lipinski definition) is 1. The van der Waals surface area contributed by atoms with Crippen LogP contribution in [-0.2, 0) is 6.42 Å². The van der Waals surface area contributed by atoms with Crippen molar-refractivity contribution in [1.82, 2.24) is 0 Å². The molecule has 1 rings (SSSR count). The third kappa shape index (κ3) is 4.08. The second-order valence-electron chi connectivity index (χ2n) is 4.36. The average Bonchev–Trinajstić information content (AvgIpc) is 2.24. The van der Waals surface area contributed by atoms with Gasteiger partial charge in [0.1, 0.15) is 0 Å². The van der Waals surface area contributed by atoms with Gasteiger partial charge < -0.3 is 5.73 Å². The van der Waals surface area contributed by atoms with E-state index in [4.69, 9.17) is 5.73 Å². The SMILES string of the molecule is CC#CCCC(N)Cc1cc(C)ccc1C. The molecule has 0 spiro atoms. The first kappa shape index (κ1) is 12.8. The highest BCUT2D eigenvalue weighted by molar-refractivity contribution is 5.31. The number of rotatable bonds is 4. The van der Waals surface area contributed by atoms with Crippen molar-refractivity contribution in [3.63, 3.8) is 0 Å². The monoisotopic (exact) mass is 215 g/mol. The van der Waals surface area contributed by atoms with Crippen LogP contribution in [0, 0.1) is 25.7 Å². The summed E-state index contributed by atoms with van der Waals surface area (Å²) in [5, 5.41) is 0. The van der Waals surface area contributed by atoms with Crippen LogP contribution in [0.5, 0.6) is 0 Å². The second kappa shape index (κ2) is 6.35. The minimum Gasteiger partial charge on any atom is -0.327 e. The van der Waals surface area contributed by atoms with E-state index in [0.717, 1.165) is 19.3 Å². The molecule has 86 valence electrons. The normalized spacial score (nSPS) is 11.8. The number of nitrogens with two attached hydrogens (primary N) is 1. The molecule has 0 radical (unpaired) electrons. The standard InChI is InChI=1S/C15H21N/c1-4-5-6-7-15(16)11-14-10-12(2)8-9-13(14)3/h8-10,15H,6-7,11,16H2,1-3H3. The Labute approximate surface area is 99.1 Å². The van der Waals surface area contributed by atoms with Crippen molar-refractivity contribution in [2.75, 3.05) is 0 Å². The molecule has 0 saturated carbocycles. The summed E-state index contributed by atoms with van der Waals surface area (Å²) >= 11 is 0. The van der Waals surface area contributed by atoms with E-state index in [2.05, 4.69) is 43.9 Å². The largest absolute Gasteiger partial charge is 0.327 e. The zero-order valence-electron chi connectivity index (χ0n) is 10.5. The molecule has 0 aliphatic heterocycles. The zero-order chi connectivity index (χ0) is 12.0. The topological polar surface area (TPSA) is 26.0 Å². The predicted molar refractivity (Wildman–Crippen MR) is 70.3 cm³/mol. The lowest BCUT2D eigenvalue weighted by Crippen LogP contribution is -2.22. The molecule has 0 amide bonds. The molecule has 0 bridgehead atoms. The van der Waals surface area contributed by atoms with Gasteiger partial charge in [0.15, 0.2) is 0 Å². The van der Waals surface area contributed by atoms with Crippen LogP contribution < -0.4 is 5.73 Å². The molecule has 1 nitrogen and oxygen atoms in total. The Morgan fingerprint density at radius 2 is 2.06 bits per heavy atom. The van der Waals surface area contributed by atoms with Crippen LogP contribution in [-0.4, -0.2) is 6.04 Å². The van der Waals surface area contributed by atoms with Gasteiger partial charge in [-0.1, -0.05) is 23.8 Å². The highest BCUT2D eigenvalue weighted by Crippen LogP contribution is 2.13. The summed E-state index contributed by atoms with van der Waals surface area (Å²) in [6, 6.07) is 6.78. The molecule has 0 aliphatic rings. The predicted octanol–water partition coefficient (Wildman–Crippen LogP) is 2.98. The zero-order valence-corrected chi connectivity index (χ0v) is 10.5. The van der Waals surface area contributed by atoms with Crippen molar-refractivity contribution in [2.24, 2.45) is 5.73 Å². The Balaban J connectivity index is 2.57. The molecule has 1 unspecified atom stereocenters. The molecule has 1 aromatic carbocycles. The van der Waals surface area contributed by atoms with Crippen LogP contribution in [0.3, 0.4) is 0 Å². The lowest BCUT2D eigenvalue weighted by Gasteiger charge is -2.12. The molecule has 0 fully saturated rings. The smallest absolute Gasteiger partial charge is 0.0103 e. The van der Waals surface area contributed by atoms with Crippen molar-refractivity contribution in [3.05, 3.63) is 34.9 Å². The Morgan fingerprint density at radius 1 is 1.31 bits per heavy atom. The molecule has 2 N–H and O–H groups in total. The molecule has 0 aromatic heterocycles. The van der Waals surface area contributed by atoms with Gasteiger partial charge in [0.05, 0.1) is 0 Å². The van der Waals surface area contributed by atoms with Crippen LogP contribution in [0.25, 0.3) is 0 Å². The minimum absolute atomic E-state index is 0.223. The van der Waals surface area contributed by atoms with Gasteiger partial charge in [-0.25, -0.2) is 0 Å². The summed E-state index contributed by atoms with van der Waals surface area (Å²) < 4.78 is 0. The van der Waals surface area contributed by atoms with E-state index in [1.165, 1.54) is 16.7 Å². The van der Waals surface area contributed by atoms with Crippen LogP contribution >= 0.6 is 0 Å².